The number of amides is 1. The molecule has 4 aromatic carbocycles. The van der Waals surface area contributed by atoms with Crippen LogP contribution in [0.4, 0.5) is 5.69 Å². The van der Waals surface area contributed by atoms with Crippen LogP contribution in [0.1, 0.15) is 22.7 Å². The maximum absolute atomic E-state index is 13.3. The number of aliphatic hydroxyl groups is 1. The van der Waals surface area contributed by atoms with Crippen LogP contribution in [0.5, 0.6) is 0 Å². The lowest BCUT2D eigenvalue weighted by Gasteiger charge is -2.25. The quantitative estimate of drug-likeness (QED) is 0.244. The number of carbonyl (C=O) groups excluding carboxylic acids is 2. The highest BCUT2D eigenvalue weighted by Gasteiger charge is 2.46. The van der Waals surface area contributed by atoms with Crippen molar-refractivity contribution in [1.29, 1.82) is 0 Å². The predicted molar refractivity (Wildman–Crippen MR) is 133 cm³/mol. The molecule has 1 amide bonds. The van der Waals surface area contributed by atoms with E-state index < -0.39 is 23.7 Å². The van der Waals surface area contributed by atoms with Gasteiger partial charge < -0.3 is 10.2 Å². The zero-order chi connectivity index (χ0) is 24.5. The van der Waals surface area contributed by atoms with Crippen molar-refractivity contribution in [3.05, 3.63) is 119 Å². The van der Waals surface area contributed by atoms with Crippen molar-refractivity contribution in [2.75, 3.05) is 4.90 Å². The van der Waals surface area contributed by atoms with Crippen molar-refractivity contribution in [3.8, 4) is 0 Å². The standard InChI is InChI=1S/C29H21NO5/c31-24(32)16-18-10-14-23(15-11-18)30-26(20-7-2-1-3-8-20)25(28(34)29(30)35)27(33)22-13-12-19-6-4-5-9-21(19)17-22/h1-15,17,26,33H,16H2,(H,31,32)/b27-25-. The summed E-state index contributed by atoms with van der Waals surface area (Å²) in [7, 11) is 0. The molecule has 1 heterocycles. The molecule has 0 aliphatic carbocycles. The molecule has 1 saturated heterocycles. The number of hydrogen-bond donors (Lipinski definition) is 2. The molecule has 0 saturated carbocycles. The largest absolute Gasteiger partial charge is 0.507 e. The summed E-state index contributed by atoms with van der Waals surface area (Å²) in [6.45, 7) is 0. The minimum atomic E-state index is -0.960. The predicted octanol–water partition coefficient (Wildman–Crippen LogP) is 5.09. The molecule has 5 rings (SSSR count). The Bertz CT molecular complexity index is 1490. The first kappa shape index (κ1) is 22.1. The zero-order valence-electron chi connectivity index (χ0n) is 18.6. The van der Waals surface area contributed by atoms with Crippen molar-refractivity contribution in [3.63, 3.8) is 0 Å². The molecule has 6 heteroatoms. The van der Waals surface area contributed by atoms with E-state index in [-0.39, 0.29) is 17.8 Å². The average Bonchev–Trinajstić information content (AvgIpc) is 3.14. The molecular formula is C29H21NO5. The Morgan fingerprint density at radius 3 is 2.11 bits per heavy atom. The van der Waals surface area contributed by atoms with Crippen LogP contribution in [0.2, 0.25) is 0 Å². The summed E-state index contributed by atoms with van der Waals surface area (Å²) in [5.41, 5.74) is 2.13. The van der Waals surface area contributed by atoms with Gasteiger partial charge in [-0.3, -0.25) is 19.3 Å². The smallest absolute Gasteiger partial charge is 0.307 e. The summed E-state index contributed by atoms with van der Waals surface area (Å²) in [5.74, 6) is -2.74. The van der Waals surface area contributed by atoms with Gasteiger partial charge in [-0.2, -0.15) is 0 Å². The monoisotopic (exact) mass is 463 g/mol. The van der Waals surface area contributed by atoms with Crippen molar-refractivity contribution < 1.29 is 24.6 Å². The van der Waals surface area contributed by atoms with Gasteiger partial charge in [0.25, 0.3) is 11.7 Å². The number of hydrogen-bond acceptors (Lipinski definition) is 4. The van der Waals surface area contributed by atoms with Gasteiger partial charge in [0.15, 0.2) is 0 Å². The molecule has 1 unspecified atom stereocenters. The van der Waals surface area contributed by atoms with Crippen molar-refractivity contribution in [2.24, 2.45) is 0 Å². The van der Waals surface area contributed by atoms with E-state index in [0.717, 1.165) is 10.8 Å². The first-order chi connectivity index (χ1) is 16.9. The minimum absolute atomic E-state index is 0.00564. The summed E-state index contributed by atoms with van der Waals surface area (Å²) in [5, 5.41) is 22.3. The number of ketones is 1. The molecule has 0 bridgehead atoms. The third-order valence-electron chi connectivity index (χ3n) is 6.15. The number of Topliss-reactive ketones (excluding diaryl/α,β-unsaturated/α-hetero) is 1. The molecule has 172 valence electrons. The number of fused-ring (bicyclic) bond motifs is 1. The summed E-state index contributed by atoms with van der Waals surface area (Å²) in [6, 6.07) is 27.8. The number of carboxylic acid groups (broad SMARTS) is 1. The maximum Gasteiger partial charge on any atom is 0.307 e. The van der Waals surface area contributed by atoms with E-state index in [2.05, 4.69) is 0 Å². The lowest BCUT2D eigenvalue weighted by molar-refractivity contribution is -0.136. The molecule has 0 aromatic heterocycles. The fraction of sp³-hybridized carbons (Fsp3) is 0.0690. The van der Waals surface area contributed by atoms with Gasteiger partial charge in [-0.1, -0.05) is 78.9 Å². The van der Waals surface area contributed by atoms with Crippen LogP contribution < -0.4 is 4.90 Å². The fourth-order valence-corrected chi connectivity index (χ4v) is 4.49. The zero-order valence-corrected chi connectivity index (χ0v) is 18.6. The molecule has 1 atom stereocenters. The first-order valence-corrected chi connectivity index (χ1v) is 11.1. The SMILES string of the molecule is O=C(O)Cc1ccc(N2C(=O)C(=O)/C(=C(\O)c3ccc4ccccc4c3)C2c2ccccc2)cc1. The van der Waals surface area contributed by atoms with Crippen molar-refractivity contribution in [1.82, 2.24) is 0 Å². The van der Waals surface area contributed by atoms with Crippen molar-refractivity contribution in [2.45, 2.75) is 12.5 Å². The third-order valence-corrected chi connectivity index (χ3v) is 6.15. The Morgan fingerprint density at radius 1 is 0.771 bits per heavy atom. The van der Waals surface area contributed by atoms with Crippen molar-refractivity contribution >= 4 is 39.9 Å². The Hall–Kier alpha value is -4.71. The number of rotatable bonds is 5. The number of aliphatic hydroxyl groups excluding tert-OH is 1. The second-order valence-corrected chi connectivity index (χ2v) is 8.38. The van der Waals surface area contributed by atoms with Gasteiger partial charge in [-0.05, 0) is 40.1 Å². The Labute approximate surface area is 201 Å². The summed E-state index contributed by atoms with van der Waals surface area (Å²) >= 11 is 0. The van der Waals surface area contributed by atoms with Crippen LogP contribution in [-0.4, -0.2) is 27.9 Å². The second-order valence-electron chi connectivity index (χ2n) is 8.38. The first-order valence-electron chi connectivity index (χ1n) is 11.1. The summed E-state index contributed by atoms with van der Waals surface area (Å²) < 4.78 is 0. The van der Waals surface area contributed by atoms with Crippen LogP contribution in [0, 0.1) is 0 Å². The lowest BCUT2D eigenvalue weighted by Crippen LogP contribution is -2.29. The van der Waals surface area contributed by atoms with E-state index in [9.17, 15) is 19.5 Å². The van der Waals surface area contributed by atoms with Gasteiger partial charge in [0, 0.05) is 11.3 Å². The van der Waals surface area contributed by atoms with Gasteiger partial charge in [0.1, 0.15) is 5.76 Å². The maximum atomic E-state index is 13.3. The van der Waals surface area contributed by atoms with Crippen LogP contribution in [0.25, 0.3) is 16.5 Å². The van der Waals surface area contributed by atoms with Gasteiger partial charge >= 0.3 is 5.97 Å². The molecule has 2 N–H and O–H groups in total. The Balaban J connectivity index is 1.66. The molecule has 4 aromatic rings. The van der Waals surface area contributed by atoms with E-state index in [4.69, 9.17) is 5.11 Å². The number of carboxylic acids is 1. The minimum Gasteiger partial charge on any atom is -0.507 e. The highest BCUT2D eigenvalue weighted by atomic mass is 16.4. The van der Waals surface area contributed by atoms with Gasteiger partial charge in [-0.15, -0.1) is 0 Å². The molecule has 1 fully saturated rings. The topological polar surface area (TPSA) is 94.9 Å². The van der Waals surface area contributed by atoms with Crippen LogP contribution in [-0.2, 0) is 20.8 Å². The third kappa shape index (κ3) is 4.06. The van der Waals surface area contributed by atoms with E-state index in [1.54, 1.807) is 60.7 Å². The number of nitrogens with zero attached hydrogens (tertiary/aromatic N) is 1. The molecule has 0 spiro atoms. The molecule has 6 nitrogen and oxygen atoms in total. The van der Waals surface area contributed by atoms with E-state index in [1.165, 1.54) is 4.90 Å². The average molecular weight is 463 g/mol. The van der Waals surface area contributed by atoms with Gasteiger partial charge in [-0.25, -0.2) is 0 Å². The molecular weight excluding hydrogens is 442 g/mol. The highest BCUT2D eigenvalue weighted by Crippen LogP contribution is 2.42. The van der Waals surface area contributed by atoms with E-state index in [1.807, 2.05) is 36.4 Å². The van der Waals surface area contributed by atoms with Gasteiger partial charge in [0.05, 0.1) is 18.0 Å². The van der Waals surface area contributed by atoms with Gasteiger partial charge in [0.2, 0.25) is 0 Å². The number of benzene rings is 4. The molecule has 0 radical (unpaired) electrons. The second kappa shape index (κ2) is 8.91. The van der Waals surface area contributed by atoms with E-state index in [0.29, 0.717) is 22.4 Å². The van der Waals surface area contributed by atoms with Crippen LogP contribution in [0.3, 0.4) is 0 Å². The molecule has 35 heavy (non-hydrogen) atoms. The normalized spacial score (nSPS) is 17.1. The van der Waals surface area contributed by atoms with Crippen LogP contribution in [0.15, 0.2) is 103 Å². The molecule has 1 aliphatic rings. The fourth-order valence-electron chi connectivity index (χ4n) is 4.49. The molecule has 1 aliphatic heterocycles. The summed E-state index contributed by atoms with van der Waals surface area (Å²) in [6.07, 6.45) is -0.150. The lowest BCUT2D eigenvalue weighted by atomic mass is 9.94. The van der Waals surface area contributed by atoms with Crippen LogP contribution >= 0.6 is 0 Å². The highest BCUT2D eigenvalue weighted by molar-refractivity contribution is 6.51. The number of aliphatic carboxylic acids is 1. The number of carbonyl (C=O) groups is 3. The van der Waals surface area contributed by atoms with E-state index >= 15 is 0 Å². The number of anilines is 1. The Kier molecular flexibility index (Phi) is 5.63. The Morgan fingerprint density at radius 2 is 1.43 bits per heavy atom. The summed E-state index contributed by atoms with van der Waals surface area (Å²) in [4.78, 5) is 38.9.